The van der Waals surface area contributed by atoms with Gasteiger partial charge in [-0.25, -0.2) is 0 Å². The molecule has 0 saturated carbocycles. The fourth-order valence-electron chi connectivity index (χ4n) is 1.79. The minimum absolute atomic E-state index is 0.138. The Morgan fingerprint density at radius 3 is 2.69 bits per heavy atom. The molecule has 1 aliphatic heterocycles. The molecule has 1 aromatic rings. The molecule has 68 valence electrons. The maximum Gasteiger partial charge on any atom is 0.460 e. The first kappa shape index (κ1) is 9.12. The molecular formula is C9H11BO2S. The van der Waals surface area contributed by atoms with Crippen molar-refractivity contribution in [2.24, 2.45) is 0 Å². The van der Waals surface area contributed by atoms with Crippen molar-refractivity contribution in [3.63, 3.8) is 0 Å². The molecule has 2 unspecified atom stereocenters. The van der Waals surface area contributed by atoms with E-state index in [2.05, 4.69) is 0 Å². The molecule has 2 atom stereocenters. The monoisotopic (exact) mass is 194 g/mol. The van der Waals surface area contributed by atoms with Gasteiger partial charge in [-0.2, -0.15) is 0 Å². The minimum Gasteiger partial charge on any atom is -0.427 e. The summed E-state index contributed by atoms with van der Waals surface area (Å²) >= 11 is 1.71. The Kier molecular flexibility index (Phi) is 2.36. The van der Waals surface area contributed by atoms with Gasteiger partial charge in [-0.1, -0.05) is 25.1 Å². The second-order valence-corrected chi connectivity index (χ2v) is 4.72. The molecule has 0 amide bonds. The van der Waals surface area contributed by atoms with Crippen LogP contribution in [0.4, 0.5) is 0 Å². The molecule has 13 heavy (non-hydrogen) atoms. The molecule has 1 heterocycles. The van der Waals surface area contributed by atoms with Crippen molar-refractivity contribution in [1.29, 1.82) is 0 Å². The van der Waals surface area contributed by atoms with Gasteiger partial charge in [0.05, 0.1) is 0 Å². The van der Waals surface area contributed by atoms with Gasteiger partial charge in [-0.3, -0.25) is 0 Å². The van der Waals surface area contributed by atoms with Crippen LogP contribution in [-0.2, 0) is 0 Å². The van der Waals surface area contributed by atoms with Crippen molar-refractivity contribution < 1.29 is 10.0 Å². The zero-order valence-corrected chi connectivity index (χ0v) is 8.16. The Morgan fingerprint density at radius 1 is 1.31 bits per heavy atom. The first-order valence-electron chi connectivity index (χ1n) is 4.32. The first-order chi connectivity index (χ1) is 6.20. The fourth-order valence-corrected chi connectivity index (χ4v) is 3.12. The Labute approximate surface area is 82.1 Å². The second kappa shape index (κ2) is 3.37. The topological polar surface area (TPSA) is 40.5 Å². The average molecular weight is 194 g/mol. The van der Waals surface area contributed by atoms with Gasteiger partial charge < -0.3 is 10.0 Å². The fraction of sp³-hybridized carbons (Fsp3) is 0.333. The Hall–Kier alpha value is -0.445. The number of fused-ring (bicyclic) bond motifs is 1. The van der Waals surface area contributed by atoms with E-state index >= 15 is 0 Å². The Morgan fingerprint density at radius 2 is 2.00 bits per heavy atom. The third kappa shape index (κ3) is 1.50. The van der Waals surface area contributed by atoms with Crippen LogP contribution in [0.3, 0.4) is 0 Å². The number of thioether (sulfide) groups is 1. The Balaban J connectivity index is 2.40. The van der Waals surface area contributed by atoms with Crippen molar-refractivity contribution in [1.82, 2.24) is 0 Å². The first-order valence-corrected chi connectivity index (χ1v) is 5.20. The van der Waals surface area contributed by atoms with Gasteiger partial charge >= 0.3 is 7.12 Å². The van der Waals surface area contributed by atoms with Gasteiger partial charge in [0.15, 0.2) is 0 Å². The van der Waals surface area contributed by atoms with Gasteiger partial charge in [0, 0.05) is 16.0 Å². The van der Waals surface area contributed by atoms with Crippen LogP contribution in [0.15, 0.2) is 29.2 Å². The third-order valence-electron chi connectivity index (χ3n) is 2.42. The van der Waals surface area contributed by atoms with Gasteiger partial charge in [0.2, 0.25) is 0 Å². The largest absolute Gasteiger partial charge is 0.460 e. The van der Waals surface area contributed by atoms with Gasteiger partial charge in [0.1, 0.15) is 0 Å². The third-order valence-corrected chi connectivity index (χ3v) is 3.71. The lowest BCUT2D eigenvalue weighted by Gasteiger charge is -2.13. The van der Waals surface area contributed by atoms with Crippen molar-refractivity contribution in [3.05, 3.63) is 29.8 Å². The molecule has 0 aliphatic carbocycles. The van der Waals surface area contributed by atoms with Crippen molar-refractivity contribution in [2.75, 3.05) is 0 Å². The van der Waals surface area contributed by atoms with Gasteiger partial charge in [-0.05, 0) is 11.6 Å². The van der Waals surface area contributed by atoms with Gasteiger partial charge in [-0.15, -0.1) is 11.8 Å². The van der Waals surface area contributed by atoms with Crippen LogP contribution < -0.4 is 0 Å². The molecule has 2 nitrogen and oxygen atoms in total. The van der Waals surface area contributed by atoms with E-state index in [1.54, 1.807) is 11.8 Å². The summed E-state index contributed by atoms with van der Waals surface area (Å²) in [6.07, 6.45) is 0. The molecule has 0 saturated heterocycles. The van der Waals surface area contributed by atoms with E-state index in [1.807, 2.05) is 31.2 Å². The molecule has 0 aromatic heterocycles. The van der Waals surface area contributed by atoms with Gasteiger partial charge in [0.25, 0.3) is 0 Å². The molecule has 1 aliphatic rings. The molecular weight excluding hydrogens is 183 g/mol. The zero-order valence-electron chi connectivity index (χ0n) is 7.34. The summed E-state index contributed by atoms with van der Waals surface area (Å²) in [6.45, 7) is 2.02. The SMILES string of the molecule is CC1Sc2ccccc2C1B(O)O. The summed E-state index contributed by atoms with van der Waals surface area (Å²) in [5, 5.41) is 18.7. The maximum atomic E-state index is 9.21. The highest BCUT2D eigenvalue weighted by Crippen LogP contribution is 2.45. The van der Waals surface area contributed by atoms with E-state index in [1.165, 1.54) is 4.90 Å². The molecule has 4 heteroatoms. The van der Waals surface area contributed by atoms with Crippen LogP contribution in [0, 0.1) is 0 Å². The Bertz CT molecular complexity index is 316. The number of rotatable bonds is 1. The minimum atomic E-state index is -1.24. The van der Waals surface area contributed by atoms with E-state index in [4.69, 9.17) is 0 Å². The molecule has 0 fully saturated rings. The second-order valence-electron chi connectivity index (χ2n) is 3.30. The van der Waals surface area contributed by atoms with Crippen LogP contribution in [0.5, 0.6) is 0 Å². The van der Waals surface area contributed by atoms with E-state index in [-0.39, 0.29) is 11.1 Å². The van der Waals surface area contributed by atoms with Crippen molar-refractivity contribution >= 4 is 18.9 Å². The number of hydrogen-bond acceptors (Lipinski definition) is 3. The van der Waals surface area contributed by atoms with E-state index in [9.17, 15) is 10.0 Å². The zero-order chi connectivity index (χ0) is 9.42. The summed E-state index contributed by atoms with van der Waals surface area (Å²) in [4.78, 5) is 1.17. The maximum absolute atomic E-state index is 9.21. The lowest BCUT2D eigenvalue weighted by atomic mass is 9.67. The molecule has 1 aromatic carbocycles. The molecule has 2 rings (SSSR count). The van der Waals surface area contributed by atoms with Crippen molar-refractivity contribution in [3.8, 4) is 0 Å². The summed E-state index contributed by atoms with van der Waals surface area (Å²) in [5.74, 6) is -0.138. The summed E-state index contributed by atoms with van der Waals surface area (Å²) < 4.78 is 0. The van der Waals surface area contributed by atoms with Crippen LogP contribution in [0.1, 0.15) is 18.3 Å². The molecule has 0 radical (unpaired) electrons. The highest BCUT2D eigenvalue weighted by Gasteiger charge is 2.37. The quantitative estimate of drug-likeness (QED) is 0.661. The molecule has 0 spiro atoms. The molecule has 0 bridgehead atoms. The van der Waals surface area contributed by atoms with Crippen LogP contribution in [0.25, 0.3) is 0 Å². The highest BCUT2D eigenvalue weighted by atomic mass is 32.2. The summed E-state index contributed by atoms with van der Waals surface area (Å²) in [6, 6.07) is 7.91. The van der Waals surface area contributed by atoms with Crippen LogP contribution in [-0.4, -0.2) is 22.4 Å². The lowest BCUT2D eigenvalue weighted by molar-refractivity contribution is 0.387. The standard InChI is InChI=1S/C9H11BO2S/c1-6-9(10(11)12)7-4-2-3-5-8(7)13-6/h2-6,9,11-12H,1H3. The number of benzene rings is 1. The average Bonchev–Trinajstić information content (AvgIpc) is 2.39. The van der Waals surface area contributed by atoms with E-state index in [0.29, 0.717) is 0 Å². The predicted octanol–water partition coefficient (Wildman–Crippen LogP) is 1.28. The summed E-state index contributed by atoms with van der Waals surface area (Å²) in [7, 11) is -1.24. The number of hydrogen-bond donors (Lipinski definition) is 2. The van der Waals surface area contributed by atoms with Crippen molar-refractivity contribution in [2.45, 2.75) is 22.9 Å². The highest BCUT2D eigenvalue weighted by molar-refractivity contribution is 8.00. The van der Waals surface area contributed by atoms with Crippen LogP contribution in [0.2, 0.25) is 0 Å². The predicted molar refractivity (Wildman–Crippen MR) is 54.7 cm³/mol. The van der Waals surface area contributed by atoms with Crippen LogP contribution >= 0.6 is 11.8 Å². The summed E-state index contributed by atoms with van der Waals surface area (Å²) in [5.41, 5.74) is 1.06. The molecule has 2 N–H and O–H groups in total. The van der Waals surface area contributed by atoms with E-state index < -0.39 is 7.12 Å². The normalized spacial score (nSPS) is 25.8. The smallest absolute Gasteiger partial charge is 0.427 e. The van der Waals surface area contributed by atoms with E-state index in [0.717, 1.165) is 5.56 Å². The lowest BCUT2D eigenvalue weighted by Crippen LogP contribution is -2.27.